The normalized spacial score (nSPS) is 21.8. The first kappa shape index (κ1) is 22.1. The minimum Gasteiger partial charge on any atom is -0.485 e. The third-order valence-electron chi connectivity index (χ3n) is 6.35. The molecular weight excluding hydrogens is 452 g/mol. The highest BCUT2D eigenvalue weighted by Gasteiger charge is 2.53. The zero-order valence-corrected chi connectivity index (χ0v) is 19.3. The number of carbonyl (C=O) groups excluding carboxylic acids is 1. The molecule has 4 N–H and O–H groups in total. The standard InChI is InChI=1S/C25H24N4O4S/c1-29-23(30)25(28-24(29)26)15-22(18-7-3-2-4-8-18)33-21-11-10-17(14-20(21)25)12-16-6-5-9-19(13-16)34(27,31)32/h2-11,13-14,22H,12,15H2,1H3,(H2,26,28)(H2,27,31,32). The van der Waals surface area contributed by atoms with Crippen LogP contribution in [0.2, 0.25) is 0 Å². The van der Waals surface area contributed by atoms with E-state index in [1.54, 1.807) is 19.2 Å². The van der Waals surface area contributed by atoms with Gasteiger partial charge in [-0.1, -0.05) is 48.5 Å². The number of guanidine groups is 1. The maximum Gasteiger partial charge on any atom is 0.261 e. The fourth-order valence-electron chi connectivity index (χ4n) is 4.62. The van der Waals surface area contributed by atoms with Crippen LogP contribution >= 0.6 is 0 Å². The summed E-state index contributed by atoms with van der Waals surface area (Å²) in [5.41, 5.74) is 8.15. The summed E-state index contributed by atoms with van der Waals surface area (Å²) in [6.07, 6.45) is 0.397. The number of hydrogen-bond donors (Lipinski definition) is 2. The Morgan fingerprint density at radius 3 is 2.47 bits per heavy atom. The van der Waals surface area contributed by atoms with Crippen molar-refractivity contribution in [1.82, 2.24) is 4.90 Å². The molecule has 2 heterocycles. The molecule has 1 amide bonds. The number of nitrogens with two attached hydrogens (primary N) is 2. The van der Waals surface area contributed by atoms with Gasteiger partial charge in [0.2, 0.25) is 10.0 Å². The van der Waals surface area contributed by atoms with E-state index in [2.05, 4.69) is 4.99 Å². The molecule has 3 aromatic rings. The highest BCUT2D eigenvalue weighted by Crippen LogP contribution is 2.50. The van der Waals surface area contributed by atoms with Crippen molar-refractivity contribution in [3.63, 3.8) is 0 Å². The topological polar surface area (TPSA) is 128 Å². The molecule has 0 saturated carbocycles. The zero-order valence-electron chi connectivity index (χ0n) is 18.5. The summed E-state index contributed by atoms with van der Waals surface area (Å²) in [6, 6.07) is 21.9. The van der Waals surface area contributed by atoms with Crippen molar-refractivity contribution < 1.29 is 17.9 Å². The van der Waals surface area contributed by atoms with Crippen LogP contribution in [0.5, 0.6) is 5.75 Å². The van der Waals surface area contributed by atoms with Gasteiger partial charge in [-0.25, -0.2) is 18.5 Å². The van der Waals surface area contributed by atoms with Gasteiger partial charge in [0.1, 0.15) is 11.9 Å². The van der Waals surface area contributed by atoms with E-state index in [4.69, 9.17) is 15.6 Å². The Balaban J connectivity index is 1.57. The summed E-state index contributed by atoms with van der Waals surface area (Å²) in [4.78, 5) is 19.5. The molecule has 2 atom stereocenters. The number of likely N-dealkylation sites (N-methyl/N-ethyl adjacent to an activating group) is 1. The summed E-state index contributed by atoms with van der Waals surface area (Å²) in [5.74, 6) is 0.530. The highest BCUT2D eigenvalue weighted by molar-refractivity contribution is 7.89. The molecule has 8 nitrogen and oxygen atoms in total. The van der Waals surface area contributed by atoms with Gasteiger partial charge in [-0.2, -0.15) is 0 Å². The molecule has 34 heavy (non-hydrogen) atoms. The van der Waals surface area contributed by atoms with Gasteiger partial charge in [0.25, 0.3) is 5.91 Å². The number of fused-ring (bicyclic) bond motifs is 2. The minimum absolute atomic E-state index is 0.0541. The Kier molecular flexibility index (Phi) is 5.18. The lowest BCUT2D eigenvalue weighted by atomic mass is 9.79. The van der Waals surface area contributed by atoms with Gasteiger partial charge < -0.3 is 10.5 Å². The van der Waals surface area contributed by atoms with E-state index >= 15 is 0 Å². The van der Waals surface area contributed by atoms with Gasteiger partial charge in [0.05, 0.1) is 4.90 Å². The fraction of sp³-hybridized carbons (Fsp3) is 0.200. The molecule has 3 aromatic carbocycles. The maximum atomic E-state index is 13.5. The molecule has 0 radical (unpaired) electrons. The molecule has 2 unspecified atom stereocenters. The Hall–Kier alpha value is -3.69. The van der Waals surface area contributed by atoms with E-state index in [1.165, 1.54) is 11.0 Å². The van der Waals surface area contributed by atoms with Crippen LogP contribution in [0.4, 0.5) is 0 Å². The number of nitrogens with zero attached hydrogens (tertiary/aromatic N) is 2. The van der Waals surface area contributed by atoms with E-state index in [0.717, 1.165) is 16.7 Å². The molecule has 0 aromatic heterocycles. The smallest absolute Gasteiger partial charge is 0.261 e. The third-order valence-corrected chi connectivity index (χ3v) is 7.26. The van der Waals surface area contributed by atoms with Gasteiger partial charge in [-0.3, -0.25) is 9.69 Å². The van der Waals surface area contributed by atoms with Gasteiger partial charge in [0, 0.05) is 19.0 Å². The summed E-state index contributed by atoms with van der Waals surface area (Å²) in [5, 5.41) is 5.28. The number of benzene rings is 3. The molecular formula is C25H24N4O4S. The molecule has 0 saturated heterocycles. The summed E-state index contributed by atoms with van der Waals surface area (Å²) < 4.78 is 29.8. The highest BCUT2D eigenvalue weighted by atomic mass is 32.2. The molecule has 2 aliphatic rings. The fourth-order valence-corrected chi connectivity index (χ4v) is 5.20. The Labute approximate surface area is 197 Å². The van der Waals surface area contributed by atoms with Gasteiger partial charge in [-0.15, -0.1) is 0 Å². The van der Waals surface area contributed by atoms with Crippen molar-refractivity contribution in [1.29, 1.82) is 0 Å². The molecule has 0 bridgehead atoms. The second kappa shape index (κ2) is 7.96. The summed E-state index contributed by atoms with van der Waals surface area (Å²) >= 11 is 0. The average Bonchev–Trinajstić information content (AvgIpc) is 3.03. The predicted molar refractivity (Wildman–Crippen MR) is 128 cm³/mol. The first-order valence-corrected chi connectivity index (χ1v) is 12.3. The number of ether oxygens (including phenoxy) is 1. The number of hydrogen-bond acceptors (Lipinski definition) is 6. The quantitative estimate of drug-likeness (QED) is 0.598. The van der Waals surface area contributed by atoms with E-state index in [9.17, 15) is 13.2 Å². The van der Waals surface area contributed by atoms with Gasteiger partial charge >= 0.3 is 0 Å². The largest absolute Gasteiger partial charge is 0.485 e. The number of carbonyl (C=O) groups is 1. The molecule has 0 aliphatic carbocycles. The summed E-state index contributed by atoms with van der Waals surface area (Å²) in [7, 11) is -2.19. The van der Waals surface area contributed by atoms with Gasteiger partial charge in [0.15, 0.2) is 11.5 Å². The van der Waals surface area contributed by atoms with Crippen molar-refractivity contribution in [3.8, 4) is 5.75 Å². The second-order valence-electron chi connectivity index (χ2n) is 8.62. The lowest BCUT2D eigenvalue weighted by Gasteiger charge is -2.37. The maximum absolute atomic E-state index is 13.5. The van der Waals surface area contributed by atoms with E-state index in [-0.39, 0.29) is 22.9 Å². The van der Waals surface area contributed by atoms with E-state index in [0.29, 0.717) is 24.2 Å². The Morgan fingerprint density at radius 1 is 1.06 bits per heavy atom. The first-order valence-electron chi connectivity index (χ1n) is 10.8. The molecule has 5 rings (SSSR count). The molecule has 2 aliphatic heterocycles. The second-order valence-corrected chi connectivity index (χ2v) is 10.2. The van der Waals surface area contributed by atoms with E-state index in [1.807, 2.05) is 54.6 Å². The van der Waals surface area contributed by atoms with Crippen LogP contribution in [0.1, 0.15) is 34.8 Å². The van der Waals surface area contributed by atoms with Crippen LogP contribution in [0.3, 0.4) is 0 Å². The first-order chi connectivity index (χ1) is 16.2. The number of amides is 1. The predicted octanol–water partition coefficient (Wildman–Crippen LogP) is 2.43. The lowest BCUT2D eigenvalue weighted by molar-refractivity contribution is -0.132. The van der Waals surface area contributed by atoms with Crippen molar-refractivity contribution in [2.45, 2.75) is 29.4 Å². The van der Waals surface area contributed by atoms with Crippen LogP contribution in [0.15, 0.2) is 82.7 Å². The lowest BCUT2D eigenvalue weighted by Crippen LogP contribution is -2.43. The van der Waals surface area contributed by atoms with Crippen molar-refractivity contribution in [2.24, 2.45) is 15.9 Å². The van der Waals surface area contributed by atoms with Crippen LogP contribution in [-0.4, -0.2) is 32.2 Å². The van der Waals surface area contributed by atoms with Crippen LogP contribution in [0.25, 0.3) is 0 Å². The molecule has 9 heteroatoms. The van der Waals surface area contributed by atoms with Crippen LogP contribution in [0, 0.1) is 0 Å². The molecule has 174 valence electrons. The minimum atomic E-state index is -3.80. The average molecular weight is 477 g/mol. The van der Waals surface area contributed by atoms with Crippen LogP contribution < -0.4 is 15.6 Å². The Morgan fingerprint density at radius 2 is 1.79 bits per heavy atom. The van der Waals surface area contributed by atoms with Crippen LogP contribution in [-0.2, 0) is 26.8 Å². The number of sulfonamides is 1. The monoisotopic (exact) mass is 476 g/mol. The van der Waals surface area contributed by atoms with E-state index < -0.39 is 15.6 Å². The summed E-state index contributed by atoms with van der Waals surface area (Å²) in [6.45, 7) is 0. The van der Waals surface area contributed by atoms with Gasteiger partial charge in [-0.05, 0) is 47.4 Å². The Bertz CT molecular complexity index is 1420. The number of aliphatic imine (C=N–C) groups is 1. The molecule has 1 spiro atoms. The number of rotatable bonds is 4. The third kappa shape index (κ3) is 3.72. The zero-order chi connectivity index (χ0) is 24.1. The van der Waals surface area contributed by atoms with Crippen molar-refractivity contribution >= 4 is 21.9 Å². The van der Waals surface area contributed by atoms with Crippen molar-refractivity contribution in [3.05, 3.63) is 95.1 Å². The SMILES string of the molecule is CN1C(=O)C2(CC(c3ccccc3)Oc3ccc(Cc4cccc(S(N)(=O)=O)c4)cc32)N=C1N. The number of primary sulfonamides is 1. The van der Waals surface area contributed by atoms with Crippen molar-refractivity contribution in [2.75, 3.05) is 7.05 Å². The molecule has 0 fully saturated rings.